The first kappa shape index (κ1) is 22.1. The summed E-state index contributed by atoms with van der Waals surface area (Å²) in [5.41, 5.74) is 6.33. The van der Waals surface area contributed by atoms with Gasteiger partial charge in [-0.05, 0) is 117 Å². The number of aromatic hydroxyl groups is 3. The van der Waals surface area contributed by atoms with Crippen molar-refractivity contribution in [2.24, 2.45) is 0 Å². The largest absolute Gasteiger partial charge is 0.508 e. The minimum atomic E-state index is 0.109. The van der Waals surface area contributed by atoms with Gasteiger partial charge in [-0.15, -0.1) is 0 Å². The number of ether oxygens (including phenoxy) is 1. The number of nitrogens with zero attached hydrogens (tertiary/aromatic N) is 1. The minimum absolute atomic E-state index is 0.109. The van der Waals surface area contributed by atoms with Gasteiger partial charge in [0.2, 0.25) is 0 Å². The molecule has 0 aliphatic carbocycles. The van der Waals surface area contributed by atoms with Crippen molar-refractivity contribution in [2.75, 3.05) is 4.90 Å². The van der Waals surface area contributed by atoms with Gasteiger partial charge in [0.15, 0.2) is 11.5 Å². The van der Waals surface area contributed by atoms with Crippen molar-refractivity contribution in [3.05, 3.63) is 95.1 Å². The van der Waals surface area contributed by atoms with E-state index in [1.807, 2.05) is 70.2 Å². The molecule has 0 bridgehead atoms. The van der Waals surface area contributed by atoms with Crippen LogP contribution in [0.2, 0.25) is 0 Å². The van der Waals surface area contributed by atoms with E-state index in [1.165, 1.54) is 0 Å². The van der Waals surface area contributed by atoms with Crippen LogP contribution in [0.5, 0.6) is 28.7 Å². The average molecular weight is 442 g/mol. The predicted octanol–water partition coefficient (Wildman–Crippen LogP) is 7.30. The Kier molecular flexibility index (Phi) is 5.88. The molecule has 0 amide bonds. The standard InChI is InChI=1S/C28H27NO4/c1-17-13-20(4)28(27(32)14-17)33-24-9-5-21(6-10-24)29(25-11-7-22(30)15-18(25)2)26-12-8-23(31)16-19(26)3/h5-16,30-32H,1-4H3. The Morgan fingerprint density at radius 3 is 1.64 bits per heavy atom. The van der Waals surface area contributed by atoms with E-state index >= 15 is 0 Å². The predicted molar refractivity (Wildman–Crippen MR) is 132 cm³/mol. The lowest BCUT2D eigenvalue weighted by atomic mass is 10.1. The third-order valence-electron chi connectivity index (χ3n) is 5.56. The van der Waals surface area contributed by atoms with Crippen LogP contribution in [0.15, 0.2) is 72.8 Å². The van der Waals surface area contributed by atoms with Crippen LogP contribution < -0.4 is 9.64 Å². The van der Waals surface area contributed by atoms with Gasteiger partial charge in [0.25, 0.3) is 0 Å². The highest BCUT2D eigenvalue weighted by atomic mass is 16.5. The normalized spacial score (nSPS) is 10.8. The molecule has 0 unspecified atom stereocenters. The van der Waals surface area contributed by atoms with Crippen LogP contribution in [0.25, 0.3) is 0 Å². The summed E-state index contributed by atoms with van der Waals surface area (Å²) in [6.45, 7) is 7.71. The molecule has 5 heteroatoms. The van der Waals surface area contributed by atoms with E-state index in [9.17, 15) is 15.3 Å². The van der Waals surface area contributed by atoms with Crippen LogP contribution in [0.3, 0.4) is 0 Å². The van der Waals surface area contributed by atoms with Gasteiger partial charge in [0.1, 0.15) is 17.2 Å². The van der Waals surface area contributed by atoms with Gasteiger partial charge in [-0.25, -0.2) is 0 Å². The number of anilines is 3. The maximum Gasteiger partial charge on any atom is 0.171 e. The van der Waals surface area contributed by atoms with E-state index in [2.05, 4.69) is 4.90 Å². The number of aryl methyl sites for hydroxylation is 4. The van der Waals surface area contributed by atoms with Crippen molar-refractivity contribution in [3.63, 3.8) is 0 Å². The van der Waals surface area contributed by atoms with Crippen molar-refractivity contribution < 1.29 is 20.1 Å². The second-order valence-corrected chi connectivity index (χ2v) is 8.30. The molecule has 0 atom stereocenters. The lowest BCUT2D eigenvalue weighted by Crippen LogP contribution is -2.12. The van der Waals surface area contributed by atoms with Gasteiger partial charge in [-0.2, -0.15) is 0 Å². The molecule has 0 aromatic heterocycles. The molecule has 5 nitrogen and oxygen atoms in total. The fraction of sp³-hybridized carbons (Fsp3) is 0.143. The molecular weight excluding hydrogens is 414 g/mol. The zero-order valence-electron chi connectivity index (χ0n) is 19.1. The molecule has 0 heterocycles. The van der Waals surface area contributed by atoms with E-state index in [0.717, 1.165) is 39.3 Å². The summed E-state index contributed by atoms with van der Waals surface area (Å²) >= 11 is 0. The molecule has 168 valence electrons. The Labute approximate surface area is 193 Å². The maximum atomic E-state index is 10.3. The summed E-state index contributed by atoms with van der Waals surface area (Å²) in [7, 11) is 0. The van der Waals surface area contributed by atoms with Gasteiger partial charge in [-0.1, -0.05) is 6.07 Å². The molecule has 4 aromatic rings. The Bertz CT molecular complexity index is 1240. The molecule has 0 fully saturated rings. The highest BCUT2D eigenvalue weighted by molar-refractivity contribution is 5.80. The van der Waals surface area contributed by atoms with Crippen molar-refractivity contribution in [1.82, 2.24) is 0 Å². The maximum absolute atomic E-state index is 10.3. The first-order valence-electron chi connectivity index (χ1n) is 10.7. The third kappa shape index (κ3) is 4.58. The summed E-state index contributed by atoms with van der Waals surface area (Å²) in [5, 5.41) is 30.1. The van der Waals surface area contributed by atoms with Gasteiger partial charge < -0.3 is 25.0 Å². The summed E-state index contributed by atoms with van der Waals surface area (Å²) in [4.78, 5) is 2.07. The first-order chi connectivity index (χ1) is 15.7. The monoisotopic (exact) mass is 441 g/mol. The lowest BCUT2D eigenvalue weighted by molar-refractivity contribution is 0.408. The Hall–Kier alpha value is -4.12. The van der Waals surface area contributed by atoms with Crippen molar-refractivity contribution in [2.45, 2.75) is 27.7 Å². The zero-order chi connectivity index (χ0) is 23.7. The fourth-order valence-corrected chi connectivity index (χ4v) is 4.03. The number of hydrogen-bond donors (Lipinski definition) is 3. The molecule has 33 heavy (non-hydrogen) atoms. The van der Waals surface area contributed by atoms with Crippen molar-refractivity contribution >= 4 is 17.1 Å². The van der Waals surface area contributed by atoms with E-state index in [-0.39, 0.29) is 17.2 Å². The van der Waals surface area contributed by atoms with E-state index in [0.29, 0.717) is 11.5 Å². The van der Waals surface area contributed by atoms with Crippen LogP contribution in [0.4, 0.5) is 17.1 Å². The Balaban J connectivity index is 1.75. The minimum Gasteiger partial charge on any atom is -0.508 e. The zero-order valence-corrected chi connectivity index (χ0v) is 19.1. The highest BCUT2D eigenvalue weighted by Crippen LogP contribution is 2.41. The van der Waals surface area contributed by atoms with E-state index in [1.54, 1.807) is 30.3 Å². The van der Waals surface area contributed by atoms with Crippen LogP contribution >= 0.6 is 0 Å². The van der Waals surface area contributed by atoms with Crippen LogP contribution in [0, 0.1) is 27.7 Å². The smallest absolute Gasteiger partial charge is 0.171 e. The van der Waals surface area contributed by atoms with Crippen LogP contribution in [-0.4, -0.2) is 15.3 Å². The average Bonchev–Trinajstić information content (AvgIpc) is 2.74. The van der Waals surface area contributed by atoms with Gasteiger partial charge >= 0.3 is 0 Å². The number of hydrogen-bond acceptors (Lipinski definition) is 5. The molecular formula is C28H27NO4. The summed E-state index contributed by atoms with van der Waals surface area (Å²) in [5.74, 6) is 1.56. The lowest BCUT2D eigenvalue weighted by Gasteiger charge is -2.28. The number of phenols is 3. The molecule has 4 rings (SSSR count). The van der Waals surface area contributed by atoms with Gasteiger partial charge in [0, 0.05) is 17.1 Å². The van der Waals surface area contributed by atoms with Crippen LogP contribution in [0.1, 0.15) is 22.3 Å². The number of phenolic OH excluding ortho intramolecular Hbond substituents is 3. The third-order valence-corrected chi connectivity index (χ3v) is 5.56. The molecule has 0 radical (unpaired) electrons. The molecule has 0 aliphatic heterocycles. The summed E-state index contributed by atoms with van der Waals surface area (Å²) in [6, 6.07) is 21.7. The van der Waals surface area contributed by atoms with Crippen molar-refractivity contribution in [1.29, 1.82) is 0 Å². The SMILES string of the molecule is Cc1cc(C)c(Oc2ccc(N(c3ccc(O)cc3C)c3ccc(O)cc3C)cc2)c(O)c1. The summed E-state index contributed by atoms with van der Waals surface area (Å²) < 4.78 is 5.99. The van der Waals surface area contributed by atoms with Gasteiger partial charge in [0.05, 0.1) is 0 Å². The Morgan fingerprint density at radius 2 is 1.15 bits per heavy atom. The van der Waals surface area contributed by atoms with Crippen molar-refractivity contribution in [3.8, 4) is 28.7 Å². The number of rotatable bonds is 5. The van der Waals surface area contributed by atoms with Gasteiger partial charge in [-0.3, -0.25) is 0 Å². The van der Waals surface area contributed by atoms with E-state index in [4.69, 9.17) is 4.74 Å². The second kappa shape index (κ2) is 8.79. The highest BCUT2D eigenvalue weighted by Gasteiger charge is 2.18. The topological polar surface area (TPSA) is 73.2 Å². The fourth-order valence-electron chi connectivity index (χ4n) is 4.03. The molecule has 0 aliphatic rings. The first-order valence-corrected chi connectivity index (χ1v) is 10.7. The molecule has 0 saturated carbocycles. The molecule has 3 N–H and O–H groups in total. The Morgan fingerprint density at radius 1 is 0.606 bits per heavy atom. The number of benzene rings is 4. The second-order valence-electron chi connectivity index (χ2n) is 8.30. The quantitative estimate of drug-likeness (QED) is 0.303. The van der Waals surface area contributed by atoms with Crippen LogP contribution in [-0.2, 0) is 0 Å². The summed E-state index contributed by atoms with van der Waals surface area (Å²) in [6.07, 6.45) is 0. The molecule has 0 spiro atoms. The molecule has 0 saturated heterocycles. The van der Waals surface area contributed by atoms with E-state index < -0.39 is 0 Å². The molecule has 4 aromatic carbocycles.